The zero-order valence-corrected chi connectivity index (χ0v) is 22.6. The van der Waals surface area contributed by atoms with Gasteiger partial charge in [-0.05, 0) is 31.5 Å². The van der Waals surface area contributed by atoms with E-state index in [1.54, 1.807) is 36.1 Å². The summed E-state index contributed by atoms with van der Waals surface area (Å²) in [5.74, 6) is -5.97. The molecular weight excluding hydrogens is 547 g/mol. The maximum atomic E-state index is 13.5. The van der Waals surface area contributed by atoms with Crippen molar-refractivity contribution in [3.8, 4) is 0 Å². The Kier molecular flexibility index (Phi) is 9.53. The van der Waals surface area contributed by atoms with Gasteiger partial charge < -0.3 is 14.7 Å². The number of benzene rings is 2. The van der Waals surface area contributed by atoms with Gasteiger partial charge in [0.05, 0.1) is 25.5 Å². The molecule has 0 saturated carbocycles. The number of amides is 3. The van der Waals surface area contributed by atoms with Crippen LogP contribution in [0.2, 0.25) is 0 Å². The Morgan fingerprint density at radius 3 is 2.05 bits per heavy atom. The number of methoxy groups -OCH3 is 1. The summed E-state index contributed by atoms with van der Waals surface area (Å²) in [6.07, 6.45) is -5.08. The molecule has 2 saturated heterocycles. The van der Waals surface area contributed by atoms with Crippen LogP contribution in [0.25, 0.3) is 0 Å². The zero-order valence-electron chi connectivity index (χ0n) is 22.6. The molecule has 0 bridgehead atoms. The number of likely N-dealkylation sites (tertiary alicyclic amines) is 1. The lowest BCUT2D eigenvalue weighted by molar-refractivity contribution is -0.192. The summed E-state index contributed by atoms with van der Waals surface area (Å²) in [6.45, 7) is 4.18. The van der Waals surface area contributed by atoms with Gasteiger partial charge in [-0.3, -0.25) is 29.4 Å². The number of carbonyl (C=O) groups is 5. The smallest absolute Gasteiger partial charge is 0.475 e. The first-order valence-corrected chi connectivity index (χ1v) is 12.7. The van der Waals surface area contributed by atoms with Crippen LogP contribution in [0.3, 0.4) is 0 Å². The second-order valence-electron chi connectivity index (χ2n) is 9.71. The molecule has 0 unspecified atom stereocenters. The largest absolute Gasteiger partial charge is 0.490 e. The Hall–Kier alpha value is -4.26. The number of carboxylic acids is 1. The number of halogens is 3. The van der Waals surface area contributed by atoms with Crippen molar-refractivity contribution in [2.24, 2.45) is 11.8 Å². The Morgan fingerprint density at radius 1 is 1.02 bits per heavy atom. The molecule has 2 N–H and O–H groups in total. The Bertz CT molecular complexity index is 1290. The molecule has 13 heteroatoms. The summed E-state index contributed by atoms with van der Waals surface area (Å²) in [6, 6.07) is 17.6. The third-order valence-electron chi connectivity index (χ3n) is 7.13. The molecule has 3 amide bonds. The van der Waals surface area contributed by atoms with E-state index in [1.807, 2.05) is 43.3 Å². The summed E-state index contributed by atoms with van der Waals surface area (Å²) < 4.78 is 36.8. The number of rotatable bonds is 7. The lowest BCUT2D eigenvalue weighted by atomic mass is 9.81. The summed E-state index contributed by atoms with van der Waals surface area (Å²) >= 11 is 0. The van der Waals surface area contributed by atoms with Crippen molar-refractivity contribution >= 4 is 29.7 Å². The fourth-order valence-corrected chi connectivity index (χ4v) is 5.16. The molecule has 10 nitrogen and oxygen atoms in total. The number of hydrogen-bond acceptors (Lipinski definition) is 7. The third kappa shape index (κ3) is 6.56. The Balaban J connectivity index is 0.000000587. The van der Waals surface area contributed by atoms with Crippen molar-refractivity contribution in [3.63, 3.8) is 0 Å². The van der Waals surface area contributed by atoms with Crippen LogP contribution in [-0.4, -0.2) is 82.5 Å². The molecule has 0 radical (unpaired) electrons. The topological polar surface area (TPSA) is 133 Å². The molecule has 4 rings (SSSR count). The fourth-order valence-electron chi connectivity index (χ4n) is 5.16. The van der Waals surface area contributed by atoms with Crippen LogP contribution in [0.5, 0.6) is 0 Å². The number of carboxylic acid groups (broad SMARTS) is 1. The van der Waals surface area contributed by atoms with Gasteiger partial charge >= 0.3 is 18.1 Å². The van der Waals surface area contributed by atoms with E-state index in [1.165, 1.54) is 12.0 Å². The van der Waals surface area contributed by atoms with Gasteiger partial charge in [-0.25, -0.2) is 4.79 Å². The highest BCUT2D eigenvalue weighted by Gasteiger charge is 2.66. The SMILES string of the molecule is CCN(C[C@H]1N[C@@](C)(C(=O)OC)[C@H]2C(=O)N(Cc3ccccc3)C(=O)[C@@H]12)C(=O)c1ccccc1.O=C(O)C(F)(F)F. The maximum Gasteiger partial charge on any atom is 0.490 e. The molecule has 220 valence electrons. The van der Waals surface area contributed by atoms with Crippen molar-refractivity contribution in [3.05, 3.63) is 71.8 Å². The molecule has 0 spiro atoms. The molecule has 2 fully saturated rings. The van der Waals surface area contributed by atoms with Gasteiger partial charge in [0, 0.05) is 24.7 Å². The molecule has 2 aromatic rings. The first kappa shape index (κ1) is 31.3. The van der Waals surface area contributed by atoms with E-state index in [9.17, 15) is 32.3 Å². The molecule has 41 heavy (non-hydrogen) atoms. The first-order chi connectivity index (χ1) is 19.3. The molecule has 2 aliphatic heterocycles. The number of hydrogen-bond donors (Lipinski definition) is 2. The predicted octanol–water partition coefficient (Wildman–Crippen LogP) is 2.49. The van der Waals surface area contributed by atoms with Crippen molar-refractivity contribution in [1.29, 1.82) is 0 Å². The van der Waals surface area contributed by atoms with Crippen LogP contribution in [0.1, 0.15) is 29.8 Å². The van der Waals surface area contributed by atoms with Crippen LogP contribution in [0, 0.1) is 11.8 Å². The lowest BCUT2D eigenvalue weighted by Gasteiger charge is -2.30. The lowest BCUT2D eigenvalue weighted by Crippen LogP contribution is -2.56. The van der Waals surface area contributed by atoms with Crippen LogP contribution in [0.4, 0.5) is 13.2 Å². The van der Waals surface area contributed by atoms with E-state index in [0.717, 1.165) is 5.56 Å². The van der Waals surface area contributed by atoms with Crippen molar-refractivity contribution in [2.75, 3.05) is 20.2 Å². The monoisotopic (exact) mass is 577 g/mol. The Morgan fingerprint density at radius 2 is 1.56 bits per heavy atom. The quantitative estimate of drug-likeness (QED) is 0.379. The molecule has 2 aliphatic rings. The van der Waals surface area contributed by atoms with Gasteiger partial charge in [0.25, 0.3) is 5.91 Å². The number of likely N-dealkylation sites (N-methyl/N-ethyl adjacent to an activating group) is 1. The second kappa shape index (κ2) is 12.5. The van der Waals surface area contributed by atoms with Crippen molar-refractivity contribution in [2.45, 2.75) is 38.1 Å². The average Bonchev–Trinajstić information content (AvgIpc) is 3.39. The Labute approximate surface area is 234 Å². The second-order valence-corrected chi connectivity index (χ2v) is 9.71. The van der Waals surface area contributed by atoms with Gasteiger partial charge in [0.1, 0.15) is 5.54 Å². The van der Waals surface area contributed by atoms with Crippen molar-refractivity contribution in [1.82, 2.24) is 15.1 Å². The number of ether oxygens (including phenoxy) is 1. The van der Waals surface area contributed by atoms with E-state index < -0.39 is 47.4 Å². The van der Waals surface area contributed by atoms with Gasteiger partial charge in [0.2, 0.25) is 11.8 Å². The highest BCUT2D eigenvalue weighted by Crippen LogP contribution is 2.44. The van der Waals surface area contributed by atoms with Crippen LogP contribution in [0.15, 0.2) is 60.7 Å². The number of fused-ring (bicyclic) bond motifs is 1. The number of esters is 1. The third-order valence-corrected chi connectivity index (χ3v) is 7.13. The van der Waals surface area contributed by atoms with Gasteiger partial charge in [-0.1, -0.05) is 48.5 Å². The number of aliphatic carboxylic acids is 1. The van der Waals surface area contributed by atoms with E-state index in [2.05, 4.69) is 5.32 Å². The minimum Gasteiger partial charge on any atom is -0.475 e. The molecular formula is C28H30F3N3O7. The normalized spacial score (nSPS) is 23.4. The zero-order chi connectivity index (χ0) is 30.5. The molecule has 2 aromatic carbocycles. The maximum absolute atomic E-state index is 13.5. The standard InChI is InChI=1S/C26H29N3O5.C2HF3O2/c1-4-28(22(30)18-13-9-6-10-14-18)16-19-20-21(26(2,27-19)25(33)34-3)24(32)29(23(20)31)15-17-11-7-5-8-12-17;3-2(4,5)1(6)7/h5-14,19-21,27H,4,15-16H2,1-3H3;(H,6,7)/t19-,20+,21-,26-;/m1./s1. The van der Waals surface area contributed by atoms with E-state index in [-0.39, 0.29) is 24.9 Å². The molecule has 0 aromatic heterocycles. The van der Waals surface area contributed by atoms with E-state index >= 15 is 0 Å². The molecule has 4 atom stereocenters. The number of imide groups is 1. The van der Waals surface area contributed by atoms with Gasteiger partial charge in [0.15, 0.2) is 0 Å². The van der Waals surface area contributed by atoms with Crippen LogP contribution < -0.4 is 5.32 Å². The summed E-state index contributed by atoms with van der Waals surface area (Å²) in [7, 11) is 1.26. The minimum atomic E-state index is -5.08. The van der Waals surface area contributed by atoms with Crippen LogP contribution >= 0.6 is 0 Å². The van der Waals surface area contributed by atoms with E-state index in [4.69, 9.17) is 14.6 Å². The first-order valence-electron chi connectivity index (χ1n) is 12.7. The number of alkyl halides is 3. The molecule has 2 heterocycles. The molecule has 0 aliphatic carbocycles. The van der Waals surface area contributed by atoms with E-state index in [0.29, 0.717) is 12.1 Å². The summed E-state index contributed by atoms with van der Waals surface area (Å²) in [5, 5.41) is 10.3. The highest BCUT2D eigenvalue weighted by atomic mass is 19.4. The predicted molar refractivity (Wildman–Crippen MR) is 138 cm³/mol. The minimum absolute atomic E-state index is 0.135. The van der Waals surface area contributed by atoms with Gasteiger partial charge in [-0.15, -0.1) is 0 Å². The summed E-state index contributed by atoms with van der Waals surface area (Å²) in [4.78, 5) is 64.7. The number of nitrogens with zero attached hydrogens (tertiary/aromatic N) is 2. The van der Waals surface area contributed by atoms with Gasteiger partial charge in [-0.2, -0.15) is 13.2 Å². The van der Waals surface area contributed by atoms with Crippen LogP contribution in [-0.2, 0) is 30.5 Å². The number of carbonyl (C=O) groups excluding carboxylic acids is 4. The number of nitrogens with one attached hydrogen (secondary N) is 1. The average molecular weight is 578 g/mol. The summed E-state index contributed by atoms with van der Waals surface area (Å²) in [5.41, 5.74) is -0.0191. The fraction of sp³-hybridized carbons (Fsp3) is 0.393. The van der Waals surface area contributed by atoms with Crippen molar-refractivity contribution < 1.29 is 47.0 Å². The highest BCUT2D eigenvalue weighted by molar-refractivity contribution is 6.09.